The Morgan fingerprint density at radius 1 is 1.57 bits per heavy atom. The van der Waals surface area contributed by atoms with Gasteiger partial charge in [-0.25, -0.2) is 9.97 Å². The van der Waals surface area contributed by atoms with Gasteiger partial charge in [-0.2, -0.15) is 0 Å². The van der Waals surface area contributed by atoms with Crippen LogP contribution < -0.4 is 4.74 Å². The fourth-order valence-corrected chi connectivity index (χ4v) is 2.76. The molecule has 7 heteroatoms. The zero-order valence-corrected chi connectivity index (χ0v) is 13.0. The number of carbonyl (C=O) groups is 1. The number of amides is 1. The van der Waals surface area contributed by atoms with E-state index in [4.69, 9.17) is 4.74 Å². The van der Waals surface area contributed by atoms with Crippen LogP contribution in [0.25, 0.3) is 11.2 Å². The number of hydrogen-bond donors (Lipinski definition) is 2. The molecule has 2 aromatic heterocycles. The zero-order chi connectivity index (χ0) is 16.4. The topological polar surface area (TPSA) is 91.3 Å². The van der Waals surface area contributed by atoms with Crippen LogP contribution in [0.15, 0.2) is 25.0 Å². The van der Waals surface area contributed by atoms with Crippen LogP contribution in [0.3, 0.4) is 0 Å². The normalized spacial score (nSPS) is 17.2. The van der Waals surface area contributed by atoms with Crippen molar-refractivity contribution in [2.24, 2.45) is 0 Å². The van der Waals surface area contributed by atoms with Gasteiger partial charge in [0.15, 0.2) is 5.65 Å². The monoisotopic (exact) mass is 316 g/mol. The van der Waals surface area contributed by atoms with E-state index in [1.54, 1.807) is 24.2 Å². The number of rotatable bonds is 4. The summed E-state index contributed by atoms with van der Waals surface area (Å²) in [6.07, 6.45) is 5.49. The molecule has 0 unspecified atom stereocenters. The zero-order valence-electron chi connectivity index (χ0n) is 13.0. The molecule has 1 aliphatic rings. The number of aromatic nitrogens is 3. The number of nitrogens with zero attached hydrogens (tertiary/aromatic N) is 3. The van der Waals surface area contributed by atoms with Gasteiger partial charge in [0.05, 0.1) is 12.3 Å². The molecule has 1 atom stereocenters. The number of aliphatic hydroxyl groups excluding tert-OH is 1. The van der Waals surface area contributed by atoms with Crippen LogP contribution in [0.2, 0.25) is 0 Å². The third kappa shape index (κ3) is 3.19. The molecule has 2 aromatic rings. The summed E-state index contributed by atoms with van der Waals surface area (Å²) >= 11 is 0. The second kappa shape index (κ2) is 6.37. The summed E-state index contributed by atoms with van der Waals surface area (Å²) in [5, 5.41) is 9.75. The number of nitrogens with one attached hydrogen (secondary N) is 1. The lowest BCUT2D eigenvalue weighted by molar-refractivity contribution is -0.127. The summed E-state index contributed by atoms with van der Waals surface area (Å²) in [5.41, 5.74) is 1.95. The Labute approximate surface area is 134 Å². The highest BCUT2D eigenvalue weighted by Crippen LogP contribution is 2.24. The lowest BCUT2D eigenvalue weighted by atomic mass is 10.1. The Kier molecular flexibility index (Phi) is 4.29. The highest BCUT2D eigenvalue weighted by molar-refractivity contribution is 5.87. The third-order valence-corrected chi connectivity index (χ3v) is 4.05. The molecule has 122 valence electrons. The minimum Gasteiger partial charge on any atom is -0.473 e. The Bertz CT molecular complexity index is 717. The maximum Gasteiger partial charge on any atom is 0.245 e. The van der Waals surface area contributed by atoms with Gasteiger partial charge in [-0.3, -0.25) is 4.79 Å². The highest BCUT2D eigenvalue weighted by atomic mass is 16.5. The largest absolute Gasteiger partial charge is 0.473 e. The summed E-state index contributed by atoms with van der Waals surface area (Å²) in [7, 11) is 0. The Morgan fingerprint density at radius 2 is 2.30 bits per heavy atom. The van der Waals surface area contributed by atoms with Crippen LogP contribution in [0.1, 0.15) is 31.4 Å². The number of hydrogen-bond acceptors (Lipinski definition) is 5. The van der Waals surface area contributed by atoms with Gasteiger partial charge in [-0.1, -0.05) is 6.58 Å². The Morgan fingerprint density at radius 3 is 2.96 bits per heavy atom. The molecule has 1 fully saturated rings. The van der Waals surface area contributed by atoms with Crippen molar-refractivity contribution < 1.29 is 14.6 Å². The van der Waals surface area contributed by atoms with Crippen molar-refractivity contribution in [1.29, 1.82) is 0 Å². The van der Waals surface area contributed by atoms with Gasteiger partial charge < -0.3 is 19.7 Å². The minimum absolute atomic E-state index is 0.00422. The molecule has 7 nitrogen and oxygen atoms in total. The van der Waals surface area contributed by atoms with Crippen molar-refractivity contribution >= 4 is 17.1 Å². The van der Waals surface area contributed by atoms with E-state index in [1.807, 2.05) is 0 Å². The second-order valence-electron chi connectivity index (χ2n) is 5.67. The minimum atomic E-state index is -0.624. The maximum absolute atomic E-state index is 11.6. The van der Waals surface area contributed by atoms with E-state index in [0.29, 0.717) is 35.7 Å². The van der Waals surface area contributed by atoms with Crippen LogP contribution in [0, 0.1) is 0 Å². The number of aromatic amines is 1. The SMILES string of the molecule is C=CC(=O)N1CCC(Oc2cnc3[nH]cc([C@H](C)O)c3n2)CC1. The molecular weight excluding hydrogens is 296 g/mol. The van der Waals surface area contributed by atoms with Crippen LogP contribution in [0.4, 0.5) is 0 Å². The second-order valence-corrected chi connectivity index (χ2v) is 5.67. The fraction of sp³-hybridized carbons (Fsp3) is 0.438. The number of piperidine rings is 1. The first kappa shape index (κ1) is 15.5. The average molecular weight is 316 g/mol. The highest BCUT2D eigenvalue weighted by Gasteiger charge is 2.23. The van der Waals surface area contributed by atoms with Crippen molar-refractivity contribution in [3.8, 4) is 5.88 Å². The Hall–Kier alpha value is -2.41. The van der Waals surface area contributed by atoms with Gasteiger partial charge in [0.1, 0.15) is 11.6 Å². The number of aliphatic hydroxyl groups is 1. The Balaban J connectivity index is 1.69. The van der Waals surface area contributed by atoms with Crippen molar-refractivity contribution in [3.63, 3.8) is 0 Å². The fourth-order valence-electron chi connectivity index (χ4n) is 2.76. The summed E-state index contributed by atoms with van der Waals surface area (Å²) in [5.74, 6) is 0.394. The maximum atomic E-state index is 11.6. The van der Waals surface area contributed by atoms with Crippen LogP contribution in [0.5, 0.6) is 5.88 Å². The van der Waals surface area contributed by atoms with E-state index < -0.39 is 6.10 Å². The summed E-state index contributed by atoms with van der Waals surface area (Å²) < 4.78 is 5.90. The molecule has 0 radical (unpaired) electrons. The summed E-state index contributed by atoms with van der Waals surface area (Å²) in [4.78, 5) is 25.0. The number of ether oxygens (including phenoxy) is 1. The predicted molar refractivity (Wildman–Crippen MR) is 84.9 cm³/mol. The van der Waals surface area contributed by atoms with E-state index in [0.717, 1.165) is 12.8 Å². The molecule has 23 heavy (non-hydrogen) atoms. The van der Waals surface area contributed by atoms with Gasteiger partial charge in [0.25, 0.3) is 0 Å². The first-order valence-corrected chi connectivity index (χ1v) is 7.68. The van der Waals surface area contributed by atoms with E-state index >= 15 is 0 Å². The molecule has 3 rings (SSSR count). The van der Waals surface area contributed by atoms with E-state index in [1.165, 1.54) is 6.08 Å². The number of H-pyrrole nitrogens is 1. The molecular formula is C16H20N4O3. The molecule has 0 bridgehead atoms. The van der Waals surface area contributed by atoms with Crippen LogP contribution in [-0.2, 0) is 4.79 Å². The number of carbonyl (C=O) groups excluding carboxylic acids is 1. The lowest BCUT2D eigenvalue weighted by Crippen LogP contribution is -2.41. The predicted octanol–water partition coefficient (Wildman–Crippen LogP) is 1.57. The quantitative estimate of drug-likeness (QED) is 0.835. The van der Waals surface area contributed by atoms with E-state index in [9.17, 15) is 9.90 Å². The number of fused-ring (bicyclic) bond motifs is 1. The molecule has 0 spiro atoms. The molecule has 1 aliphatic heterocycles. The van der Waals surface area contributed by atoms with Gasteiger partial charge in [-0.05, 0) is 13.0 Å². The van der Waals surface area contributed by atoms with Crippen molar-refractivity contribution in [2.45, 2.75) is 32.0 Å². The molecule has 0 saturated carbocycles. The molecule has 2 N–H and O–H groups in total. The standard InChI is InChI=1S/C16H20N4O3/c1-3-14(22)20-6-4-11(5-7-20)23-13-9-18-16-15(19-13)12(8-17-16)10(2)21/h3,8-11,21H,1,4-7H2,2H3,(H,17,18)/t10-/m0/s1. The smallest absolute Gasteiger partial charge is 0.245 e. The van der Waals surface area contributed by atoms with Crippen molar-refractivity contribution in [2.75, 3.05) is 13.1 Å². The van der Waals surface area contributed by atoms with Gasteiger partial charge >= 0.3 is 0 Å². The van der Waals surface area contributed by atoms with Crippen LogP contribution >= 0.6 is 0 Å². The first-order chi connectivity index (χ1) is 11.1. The molecule has 1 saturated heterocycles. The van der Waals surface area contributed by atoms with Gasteiger partial charge in [0.2, 0.25) is 11.8 Å². The molecule has 0 aliphatic carbocycles. The summed E-state index contributed by atoms with van der Waals surface area (Å²) in [6, 6.07) is 0. The van der Waals surface area contributed by atoms with Crippen molar-refractivity contribution in [1.82, 2.24) is 19.9 Å². The van der Waals surface area contributed by atoms with Gasteiger partial charge in [0, 0.05) is 37.7 Å². The summed E-state index contributed by atoms with van der Waals surface area (Å²) in [6.45, 7) is 6.48. The van der Waals surface area contributed by atoms with Crippen molar-refractivity contribution in [3.05, 3.63) is 30.6 Å². The first-order valence-electron chi connectivity index (χ1n) is 7.68. The van der Waals surface area contributed by atoms with E-state index in [2.05, 4.69) is 21.5 Å². The van der Waals surface area contributed by atoms with Crippen LogP contribution in [-0.4, -0.2) is 50.1 Å². The van der Waals surface area contributed by atoms with E-state index in [-0.39, 0.29) is 12.0 Å². The average Bonchev–Trinajstić information content (AvgIpc) is 2.98. The molecule has 0 aromatic carbocycles. The molecule has 3 heterocycles. The lowest BCUT2D eigenvalue weighted by Gasteiger charge is -2.31. The third-order valence-electron chi connectivity index (χ3n) is 4.05. The molecule has 1 amide bonds. The van der Waals surface area contributed by atoms with Gasteiger partial charge in [-0.15, -0.1) is 0 Å². The number of likely N-dealkylation sites (tertiary alicyclic amines) is 1.